The van der Waals surface area contributed by atoms with Crippen LogP contribution in [0.4, 0.5) is 0 Å². The molecule has 0 aromatic heterocycles. The number of benzene rings is 2. The van der Waals surface area contributed by atoms with E-state index >= 15 is 0 Å². The van der Waals surface area contributed by atoms with Crippen molar-refractivity contribution in [2.75, 3.05) is 0 Å². The maximum atomic E-state index is 6.69. The van der Waals surface area contributed by atoms with Gasteiger partial charge in [-0.05, 0) is 0 Å². The van der Waals surface area contributed by atoms with Crippen molar-refractivity contribution >= 4 is 37.1 Å². The number of halogens is 1. The van der Waals surface area contributed by atoms with Crippen molar-refractivity contribution in [3.05, 3.63) is 60.7 Å². The Balaban J connectivity index is 2.44. The molecule has 2 rings (SSSR count). The Kier molecular flexibility index (Phi) is 3.42. The molecule has 3 heteroatoms. The molecule has 0 aliphatic rings. The Morgan fingerprint density at radius 1 is 0.733 bits per heavy atom. The summed E-state index contributed by atoms with van der Waals surface area (Å²) >= 11 is 6.69. The van der Waals surface area contributed by atoms with E-state index < -0.39 is 6.30 Å². The Labute approximate surface area is 97.9 Å². The fourth-order valence-electron chi connectivity index (χ4n) is 1.53. The molecule has 0 radical (unpaired) electrons. The summed E-state index contributed by atoms with van der Waals surface area (Å²) in [5, 5.41) is 2.45. The molecule has 1 unspecified atom stereocenters. The van der Waals surface area contributed by atoms with E-state index in [0.29, 0.717) is 0 Å². The SMILES string of the molecule is P[PH](Cl)(c1ccccc1)c1ccccc1. The molecule has 0 bridgehead atoms. The molecular weight excluding hydrogens is 242 g/mol. The second-order valence-electron chi connectivity index (χ2n) is 3.44. The standard InChI is InChI=1S/C12H13ClP2/c13-15(14,11-7-3-1-4-8-11)12-9-5-2-6-10-12/h1-10,15H,14H2. The normalized spacial score (nSPS) is 12.4. The maximum absolute atomic E-state index is 6.69. The summed E-state index contributed by atoms with van der Waals surface area (Å²) in [6.45, 7) is 0. The van der Waals surface area contributed by atoms with Crippen LogP contribution in [0.15, 0.2) is 60.7 Å². The van der Waals surface area contributed by atoms with Gasteiger partial charge in [0.1, 0.15) is 0 Å². The van der Waals surface area contributed by atoms with E-state index in [4.69, 9.17) is 11.2 Å². The van der Waals surface area contributed by atoms with Crippen LogP contribution < -0.4 is 10.6 Å². The summed E-state index contributed by atoms with van der Waals surface area (Å²) in [7, 11) is 2.85. The van der Waals surface area contributed by atoms with Gasteiger partial charge in [0.15, 0.2) is 0 Å². The molecule has 0 amide bonds. The summed E-state index contributed by atoms with van der Waals surface area (Å²) in [5.41, 5.74) is 0. The molecule has 0 nitrogen and oxygen atoms in total. The van der Waals surface area contributed by atoms with Gasteiger partial charge in [0.05, 0.1) is 0 Å². The second kappa shape index (κ2) is 4.62. The molecule has 78 valence electrons. The van der Waals surface area contributed by atoms with Gasteiger partial charge in [-0.1, -0.05) is 0 Å². The first-order chi connectivity index (χ1) is 7.21. The minimum absolute atomic E-state index is 1.22. The second-order valence-corrected chi connectivity index (χ2v) is 11.5. The molecule has 0 aliphatic carbocycles. The number of hydrogen-bond acceptors (Lipinski definition) is 0. The van der Waals surface area contributed by atoms with Crippen molar-refractivity contribution in [1.82, 2.24) is 0 Å². The predicted molar refractivity (Wildman–Crippen MR) is 76.0 cm³/mol. The van der Waals surface area contributed by atoms with Gasteiger partial charge in [-0.3, -0.25) is 0 Å². The van der Waals surface area contributed by atoms with E-state index in [0.717, 1.165) is 0 Å². The molecule has 0 saturated carbocycles. The molecule has 0 saturated heterocycles. The van der Waals surface area contributed by atoms with Crippen LogP contribution in [-0.2, 0) is 0 Å². The minimum atomic E-state index is -2.07. The van der Waals surface area contributed by atoms with Crippen molar-refractivity contribution in [2.45, 2.75) is 0 Å². The van der Waals surface area contributed by atoms with E-state index in [1.807, 2.05) is 36.4 Å². The average molecular weight is 255 g/mol. The van der Waals surface area contributed by atoms with E-state index in [-0.39, 0.29) is 0 Å². The van der Waals surface area contributed by atoms with Crippen LogP contribution >= 0.6 is 26.5 Å². The predicted octanol–water partition coefficient (Wildman–Crippen LogP) is 3.33. The molecule has 0 heterocycles. The molecule has 0 aliphatic heterocycles. The molecular formula is C12H13ClP2. The van der Waals surface area contributed by atoms with Crippen molar-refractivity contribution < 1.29 is 0 Å². The van der Waals surface area contributed by atoms with E-state index in [1.165, 1.54) is 10.6 Å². The Bertz CT molecular complexity index is 384. The van der Waals surface area contributed by atoms with Gasteiger partial charge < -0.3 is 0 Å². The fraction of sp³-hybridized carbons (Fsp3) is 0. The van der Waals surface area contributed by atoms with Gasteiger partial charge in [0, 0.05) is 0 Å². The van der Waals surface area contributed by atoms with Crippen LogP contribution in [0, 0.1) is 0 Å². The third-order valence-electron chi connectivity index (χ3n) is 2.39. The third-order valence-corrected chi connectivity index (χ3v) is 8.04. The monoisotopic (exact) mass is 254 g/mol. The first-order valence-electron chi connectivity index (χ1n) is 4.80. The van der Waals surface area contributed by atoms with Crippen LogP contribution in [0.2, 0.25) is 0 Å². The van der Waals surface area contributed by atoms with E-state index in [2.05, 4.69) is 33.2 Å². The van der Waals surface area contributed by atoms with Gasteiger partial charge >= 0.3 is 97.7 Å². The van der Waals surface area contributed by atoms with Gasteiger partial charge in [0.2, 0.25) is 0 Å². The van der Waals surface area contributed by atoms with Gasteiger partial charge in [0.25, 0.3) is 0 Å². The molecule has 2 aromatic rings. The Hall–Kier alpha value is -0.410. The average Bonchev–Trinajstić information content (AvgIpc) is 2.31. The Morgan fingerprint density at radius 3 is 1.40 bits per heavy atom. The van der Waals surface area contributed by atoms with Crippen molar-refractivity contribution in [1.29, 1.82) is 0 Å². The zero-order chi connectivity index (χ0) is 10.7. The van der Waals surface area contributed by atoms with Gasteiger partial charge in [-0.2, -0.15) is 0 Å². The first-order valence-corrected chi connectivity index (χ1v) is 9.62. The molecule has 1 atom stereocenters. The third kappa shape index (κ3) is 2.40. The van der Waals surface area contributed by atoms with Crippen molar-refractivity contribution in [3.8, 4) is 0 Å². The van der Waals surface area contributed by atoms with Crippen molar-refractivity contribution in [3.63, 3.8) is 0 Å². The topological polar surface area (TPSA) is 0 Å². The van der Waals surface area contributed by atoms with E-state index in [9.17, 15) is 0 Å². The Morgan fingerprint density at radius 2 is 1.07 bits per heavy atom. The zero-order valence-electron chi connectivity index (χ0n) is 8.23. The molecule has 2 aromatic carbocycles. The molecule has 0 fully saturated rings. The number of rotatable bonds is 2. The van der Waals surface area contributed by atoms with Crippen LogP contribution in [0.25, 0.3) is 0 Å². The summed E-state index contributed by atoms with van der Waals surface area (Å²) in [5.74, 6) is 0. The quantitative estimate of drug-likeness (QED) is 0.721. The summed E-state index contributed by atoms with van der Waals surface area (Å²) in [6, 6.07) is 20.6. The first kappa shape index (κ1) is 11.1. The summed E-state index contributed by atoms with van der Waals surface area (Å²) in [6.07, 6.45) is -2.07. The van der Waals surface area contributed by atoms with Gasteiger partial charge in [-0.25, -0.2) is 0 Å². The zero-order valence-corrected chi connectivity index (χ0v) is 11.1. The van der Waals surface area contributed by atoms with Crippen LogP contribution in [0.3, 0.4) is 0 Å². The van der Waals surface area contributed by atoms with Crippen LogP contribution in [-0.4, -0.2) is 0 Å². The molecule has 15 heavy (non-hydrogen) atoms. The van der Waals surface area contributed by atoms with Gasteiger partial charge in [-0.15, -0.1) is 0 Å². The fourth-order valence-corrected chi connectivity index (χ4v) is 5.13. The molecule has 0 N–H and O–H groups in total. The summed E-state index contributed by atoms with van der Waals surface area (Å²) < 4.78 is 0. The van der Waals surface area contributed by atoms with Crippen molar-refractivity contribution in [2.24, 2.45) is 0 Å². The van der Waals surface area contributed by atoms with Crippen LogP contribution in [0.1, 0.15) is 0 Å². The van der Waals surface area contributed by atoms with E-state index in [1.54, 1.807) is 0 Å². The number of hydrogen-bond donors (Lipinski definition) is 0. The summed E-state index contributed by atoms with van der Waals surface area (Å²) in [4.78, 5) is 0. The van der Waals surface area contributed by atoms with Crippen LogP contribution in [0.5, 0.6) is 0 Å². The molecule has 0 spiro atoms.